The molecule has 0 unspecified atom stereocenters. The Kier molecular flexibility index (Phi) is 6.39. The van der Waals surface area contributed by atoms with Gasteiger partial charge >= 0.3 is 11.9 Å². The molecule has 2 aromatic rings. The van der Waals surface area contributed by atoms with Crippen LogP contribution in [0.5, 0.6) is 0 Å². The Hall–Kier alpha value is -2.07. The molecule has 0 saturated heterocycles. The molecule has 0 fully saturated rings. The zero-order valence-corrected chi connectivity index (χ0v) is 17.4. The van der Waals surface area contributed by atoms with Gasteiger partial charge in [0.15, 0.2) is 0 Å². The summed E-state index contributed by atoms with van der Waals surface area (Å²) >= 11 is 7.13. The third-order valence-corrected chi connectivity index (χ3v) is 6.33. The van der Waals surface area contributed by atoms with Crippen LogP contribution in [0, 0.1) is 11.2 Å². The standard InChI is InChI=1S/C18H17ClF4N2O3S/c1-9(26)17(2,3)8-29-13-6-12(11(20)5-10(13)19)25-15(27)7-14(18(21,22)23)24(4)16(25)28/h5-7H,8H2,1-4H3. The van der Waals surface area contributed by atoms with E-state index in [9.17, 15) is 31.9 Å². The number of alkyl halides is 3. The van der Waals surface area contributed by atoms with Crippen LogP contribution in [0.15, 0.2) is 32.7 Å². The lowest BCUT2D eigenvalue weighted by molar-refractivity contribution is -0.144. The Morgan fingerprint density at radius 2 is 1.76 bits per heavy atom. The van der Waals surface area contributed by atoms with Crippen LogP contribution in [0.2, 0.25) is 5.02 Å². The molecule has 0 aliphatic carbocycles. The second kappa shape index (κ2) is 7.98. The van der Waals surface area contributed by atoms with E-state index in [-0.39, 0.29) is 32.1 Å². The molecule has 1 heterocycles. The van der Waals surface area contributed by atoms with Crippen molar-refractivity contribution < 1.29 is 22.4 Å². The number of hydrogen-bond donors (Lipinski definition) is 0. The molecule has 2 rings (SSSR count). The molecular weight excluding hydrogens is 436 g/mol. The van der Waals surface area contributed by atoms with Crippen molar-refractivity contribution in [2.45, 2.75) is 31.8 Å². The Bertz CT molecular complexity index is 1090. The summed E-state index contributed by atoms with van der Waals surface area (Å²) in [5, 5.41) is -0.0209. The van der Waals surface area contributed by atoms with Crippen molar-refractivity contribution in [2.75, 3.05) is 5.75 Å². The van der Waals surface area contributed by atoms with Crippen LogP contribution in [-0.2, 0) is 18.0 Å². The normalized spacial score (nSPS) is 12.3. The number of halogens is 5. The lowest BCUT2D eigenvalue weighted by Crippen LogP contribution is -2.41. The highest BCUT2D eigenvalue weighted by Crippen LogP contribution is 2.35. The fourth-order valence-corrected chi connectivity index (χ4v) is 3.70. The van der Waals surface area contributed by atoms with E-state index in [1.165, 1.54) is 6.92 Å². The summed E-state index contributed by atoms with van der Waals surface area (Å²) < 4.78 is 54.0. The van der Waals surface area contributed by atoms with Crippen LogP contribution in [0.4, 0.5) is 17.6 Å². The van der Waals surface area contributed by atoms with E-state index in [1.54, 1.807) is 13.8 Å². The number of thioether (sulfide) groups is 1. The number of nitrogens with zero attached hydrogens (tertiary/aromatic N) is 2. The molecular formula is C18H17ClF4N2O3S. The third kappa shape index (κ3) is 4.75. The number of Topliss-reactive ketones (excluding diaryl/α,β-unsaturated/α-hetero) is 1. The van der Waals surface area contributed by atoms with Gasteiger partial charge in [0.1, 0.15) is 17.3 Å². The minimum atomic E-state index is -4.93. The maximum Gasteiger partial charge on any atom is 0.431 e. The smallest absolute Gasteiger partial charge is 0.299 e. The van der Waals surface area contributed by atoms with Crippen molar-refractivity contribution in [1.29, 1.82) is 0 Å². The van der Waals surface area contributed by atoms with E-state index in [0.717, 1.165) is 30.9 Å². The highest BCUT2D eigenvalue weighted by atomic mass is 35.5. The quantitative estimate of drug-likeness (QED) is 0.507. The van der Waals surface area contributed by atoms with Crippen molar-refractivity contribution in [3.63, 3.8) is 0 Å². The van der Waals surface area contributed by atoms with Gasteiger partial charge in [-0.1, -0.05) is 25.4 Å². The lowest BCUT2D eigenvalue weighted by Gasteiger charge is -2.21. The minimum Gasteiger partial charge on any atom is -0.299 e. The Morgan fingerprint density at radius 3 is 2.28 bits per heavy atom. The number of aromatic nitrogens is 2. The van der Waals surface area contributed by atoms with Crippen LogP contribution in [0.1, 0.15) is 26.5 Å². The average molecular weight is 453 g/mol. The summed E-state index contributed by atoms with van der Waals surface area (Å²) in [4.78, 5) is 36.5. The highest BCUT2D eigenvalue weighted by molar-refractivity contribution is 7.99. The van der Waals surface area contributed by atoms with Gasteiger partial charge in [-0.25, -0.2) is 13.8 Å². The van der Waals surface area contributed by atoms with Gasteiger partial charge in [-0.3, -0.25) is 14.2 Å². The first-order valence-electron chi connectivity index (χ1n) is 8.20. The van der Waals surface area contributed by atoms with Crippen LogP contribution < -0.4 is 11.2 Å². The monoisotopic (exact) mass is 452 g/mol. The SMILES string of the molecule is CC(=O)C(C)(C)CSc1cc(-n2c(=O)cc(C(F)(F)F)n(C)c2=O)c(F)cc1Cl. The molecule has 158 valence electrons. The molecule has 0 radical (unpaired) electrons. The second-order valence-electron chi connectivity index (χ2n) is 7.01. The summed E-state index contributed by atoms with van der Waals surface area (Å²) in [7, 11) is 0.833. The maximum atomic E-state index is 14.5. The van der Waals surface area contributed by atoms with E-state index in [1.807, 2.05) is 0 Å². The van der Waals surface area contributed by atoms with E-state index in [0.29, 0.717) is 4.57 Å². The first-order chi connectivity index (χ1) is 13.2. The number of ketones is 1. The van der Waals surface area contributed by atoms with Crippen molar-refractivity contribution in [3.05, 3.63) is 55.6 Å². The number of rotatable bonds is 5. The van der Waals surface area contributed by atoms with Gasteiger partial charge in [0.2, 0.25) is 0 Å². The van der Waals surface area contributed by atoms with Gasteiger partial charge < -0.3 is 0 Å². The largest absolute Gasteiger partial charge is 0.431 e. The van der Waals surface area contributed by atoms with Gasteiger partial charge in [-0.05, 0) is 19.1 Å². The van der Waals surface area contributed by atoms with Crippen LogP contribution >= 0.6 is 23.4 Å². The summed E-state index contributed by atoms with van der Waals surface area (Å²) in [6.07, 6.45) is -4.93. The number of carbonyl (C=O) groups excluding carboxylic acids is 1. The zero-order valence-electron chi connectivity index (χ0n) is 15.9. The molecule has 0 atom stereocenters. The highest BCUT2D eigenvalue weighted by Gasteiger charge is 2.35. The van der Waals surface area contributed by atoms with E-state index in [4.69, 9.17) is 11.6 Å². The molecule has 0 bridgehead atoms. The van der Waals surface area contributed by atoms with Gasteiger partial charge in [-0.2, -0.15) is 13.2 Å². The molecule has 29 heavy (non-hydrogen) atoms. The van der Waals surface area contributed by atoms with Crippen molar-refractivity contribution >= 4 is 29.1 Å². The van der Waals surface area contributed by atoms with Crippen molar-refractivity contribution in [3.8, 4) is 5.69 Å². The summed E-state index contributed by atoms with van der Waals surface area (Å²) in [5.74, 6) is -0.868. The zero-order chi connectivity index (χ0) is 22.3. The molecule has 0 spiro atoms. The molecule has 11 heteroatoms. The van der Waals surface area contributed by atoms with Crippen LogP contribution in [0.3, 0.4) is 0 Å². The van der Waals surface area contributed by atoms with Gasteiger partial charge in [0.25, 0.3) is 5.56 Å². The van der Waals surface area contributed by atoms with Crippen molar-refractivity contribution in [2.24, 2.45) is 12.5 Å². The first-order valence-corrected chi connectivity index (χ1v) is 9.56. The van der Waals surface area contributed by atoms with Gasteiger partial charge in [0.05, 0.1) is 10.7 Å². The van der Waals surface area contributed by atoms with E-state index < -0.39 is 40.0 Å². The molecule has 1 aromatic carbocycles. The fraction of sp³-hybridized carbons (Fsp3) is 0.389. The van der Waals surface area contributed by atoms with Crippen molar-refractivity contribution in [1.82, 2.24) is 9.13 Å². The van der Waals surface area contributed by atoms with Gasteiger partial charge in [-0.15, -0.1) is 11.8 Å². The predicted octanol–water partition coefficient (Wildman–Crippen LogP) is 4.05. The fourth-order valence-electron chi connectivity index (χ4n) is 2.28. The predicted molar refractivity (Wildman–Crippen MR) is 102 cm³/mol. The summed E-state index contributed by atoms with van der Waals surface area (Å²) in [6, 6.07) is 2.19. The minimum absolute atomic E-state index is 0.0209. The Labute approximate surface area is 172 Å². The van der Waals surface area contributed by atoms with E-state index >= 15 is 0 Å². The molecule has 0 N–H and O–H groups in total. The molecule has 0 aliphatic heterocycles. The first kappa shape index (κ1) is 23.2. The molecule has 5 nitrogen and oxygen atoms in total. The lowest BCUT2D eigenvalue weighted by atomic mass is 9.92. The average Bonchev–Trinajstić information content (AvgIpc) is 2.57. The second-order valence-corrected chi connectivity index (χ2v) is 8.43. The molecule has 0 amide bonds. The Balaban J connectivity index is 2.62. The number of benzene rings is 1. The summed E-state index contributed by atoms with van der Waals surface area (Å²) in [5.41, 5.74) is -5.38. The van der Waals surface area contributed by atoms with E-state index in [2.05, 4.69) is 0 Å². The molecule has 0 saturated carbocycles. The summed E-state index contributed by atoms with van der Waals surface area (Å²) in [6.45, 7) is 4.83. The Morgan fingerprint density at radius 1 is 1.17 bits per heavy atom. The van der Waals surface area contributed by atoms with Crippen LogP contribution in [-0.4, -0.2) is 20.7 Å². The maximum absolute atomic E-state index is 14.5. The molecule has 0 aliphatic rings. The van der Waals surface area contributed by atoms with Crippen LogP contribution in [0.25, 0.3) is 5.69 Å². The topological polar surface area (TPSA) is 61.1 Å². The number of hydrogen-bond acceptors (Lipinski definition) is 4. The molecule has 1 aromatic heterocycles. The number of carbonyl (C=O) groups is 1. The third-order valence-electron chi connectivity index (χ3n) is 4.39. The van der Waals surface area contributed by atoms with Gasteiger partial charge in [0, 0.05) is 29.2 Å².